The van der Waals surface area contributed by atoms with Crippen LogP contribution >= 0.6 is 0 Å². The highest BCUT2D eigenvalue weighted by Crippen LogP contribution is 1.97. The van der Waals surface area contributed by atoms with Crippen molar-refractivity contribution in [2.75, 3.05) is 46.1 Å². The van der Waals surface area contributed by atoms with Crippen LogP contribution in [0.5, 0.6) is 0 Å². The average molecular weight is 249 g/mol. The maximum absolute atomic E-state index is 9.25. The van der Waals surface area contributed by atoms with Crippen molar-refractivity contribution in [3.63, 3.8) is 0 Å². The van der Waals surface area contributed by atoms with E-state index < -0.39 is 0 Å². The van der Waals surface area contributed by atoms with E-state index in [0.29, 0.717) is 26.3 Å². The molecule has 5 nitrogen and oxygen atoms in total. The molecule has 0 amide bonds. The third-order valence-electron chi connectivity index (χ3n) is 2.63. The zero-order valence-electron chi connectivity index (χ0n) is 10.8. The topological polar surface area (TPSA) is 73.2 Å². The molecule has 0 rings (SSSR count). The largest absolute Gasteiger partial charge is 0.395 e. The Balaban J connectivity index is 3.35. The molecule has 3 N–H and O–H groups in total. The van der Waals surface area contributed by atoms with Crippen molar-refractivity contribution in [3.05, 3.63) is 0 Å². The van der Waals surface area contributed by atoms with Crippen LogP contribution in [0.2, 0.25) is 0 Å². The normalized spacial score (nSPS) is 13.2. The molecule has 1 atom stereocenters. The molecule has 0 aliphatic carbocycles. The first kappa shape index (κ1) is 16.8. The quantitative estimate of drug-likeness (QED) is 0.419. The number of hydrogen-bond acceptors (Lipinski definition) is 5. The fourth-order valence-electron chi connectivity index (χ4n) is 1.50. The minimum Gasteiger partial charge on any atom is -0.395 e. The van der Waals surface area contributed by atoms with E-state index in [9.17, 15) is 5.11 Å². The predicted octanol–water partition coefficient (Wildman–Crippen LogP) is -0.159. The third kappa shape index (κ3) is 10.7. The molecule has 104 valence electrons. The van der Waals surface area contributed by atoms with E-state index in [1.54, 1.807) is 0 Å². The van der Waals surface area contributed by atoms with Gasteiger partial charge in [0.25, 0.3) is 0 Å². The van der Waals surface area contributed by atoms with Gasteiger partial charge in [-0.3, -0.25) is 4.90 Å². The molecule has 0 bridgehead atoms. The summed E-state index contributed by atoms with van der Waals surface area (Å²) >= 11 is 0. The molecule has 0 saturated carbocycles. The predicted molar refractivity (Wildman–Crippen MR) is 67.0 cm³/mol. The Labute approximate surface area is 104 Å². The van der Waals surface area contributed by atoms with Crippen molar-refractivity contribution in [1.29, 1.82) is 0 Å². The Morgan fingerprint density at radius 1 is 1.06 bits per heavy atom. The van der Waals surface area contributed by atoms with Gasteiger partial charge in [0, 0.05) is 19.7 Å². The van der Waals surface area contributed by atoms with E-state index in [1.807, 2.05) is 11.8 Å². The third-order valence-corrected chi connectivity index (χ3v) is 2.63. The first-order valence-corrected chi connectivity index (χ1v) is 6.44. The highest BCUT2D eigenvalue weighted by atomic mass is 16.5. The fraction of sp³-hybridized carbons (Fsp3) is 1.00. The summed E-state index contributed by atoms with van der Waals surface area (Å²) in [5, 5.41) is 26.9. The van der Waals surface area contributed by atoms with Gasteiger partial charge in [0.2, 0.25) is 0 Å². The van der Waals surface area contributed by atoms with Crippen LogP contribution in [-0.2, 0) is 4.74 Å². The van der Waals surface area contributed by atoms with Gasteiger partial charge in [0.05, 0.1) is 25.9 Å². The fourth-order valence-corrected chi connectivity index (χ4v) is 1.50. The zero-order chi connectivity index (χ0) is 12.9. The van der Waals surface area contributed by atoms with Crippen molar-refractivity contribution >= 4 is 0 Å². The van der Waals surface area contributed by atoms with Gasteiger partial charge >= 0.3 is 0 Å². The van der Waals surface area contributed by atoms with Gasteiger partial charge < -0.3 is 20.1 Å². The van der Waals surface area contributed by atoms with E-state index in [0.717, 1.165) is 25.8 Å². The number of ether oxygens (including phenoxy) is 1. The summed E-state index contributed by atoms with van der Waals surface area (Å²) in [6, 6.07) is 0. The van der Waals surface area contributed by atoms with E-state index in [-0.39, 0.29) is 19.3 Å². The number of aliphatic hydroxyl groups excluding tert-OH is 3. The van der Waals surface area contributed by atoms with Crippen LogP contribution in [0.4, 0.5) is 0 Å². The highest BCUT2D eigenvalue weighted by molar-refractivity contribution is 4.56. The van der Waals surface area contributed by atoms with Gasteiger partial charge in [0.1, 0.15) is 0 Å². The molecule has 0 fully saturated rings. The van der Waals surface area contributed by atoms with Crippen molar-refractivity contribution in [1.82, 2.24) is 4.90 Å². The Bertz CT molecular complexity index is 151. The number of aliphatic hydroxyl groups is 3. The maximum atomic E-state index is 9.25. The van der Waals surface area contributed by atoms with Crippen LogP contribution in [0.25, 0.3) is 0 Å². The Morgan fingerprint density at radius 3 is 2.24 bits per heavy atom. The molecule has 0 saturated heterocycles. The Hall–Kier alpha value is -0.200. The molecule has 5 heteroatoms. The monoisotopic (exact) mass is 249 g/mol. The van der Waals surface area contributed by atoms with Crippen LogP contribution in [0.3, 0.4) is 0 Å². The first-order chi connectivity index (χ1) is 8.24. The Morgan fingerprint density at radius 2 is 1.71 bits per heavy atom. The highest BCUT2D eigenvalue weighted by Gasteiger charge is 2.03. The minimum atomic E-state index is -0.352. The molecule has 0 aromatic carbocycles. The molecule has 17 heavy (non-hydrogen) atoms. The van der Waals surface area contributed by atoms with Gasteiger partial charge in [0.15, 0.2) is 0 Å². The second-order valence-electron chi connectivity index (χ2n) is 4.13. The van der Waals surface area contributed by atoms with Gasteiger partial charge in [-0.2, -0.15) is 0 Å². The zero-order valence-corrected chi connectivity index (χ0v) is 10.8. The van der Waals surface area contributed by atoms with Crippen LogP contribution < -0.4 is 0 Å². The molecule has 1 unspecified atom stereocenters. The summed E-state index contributed by atoms with van der Waals surface area (Å²) in [5.41, 5.74) is 0. The molecule has 0 radical (unpaired) electrons. The summed E-state index contributed by atoms with van der Waals surface area (Å²) in [6.07, 6.45) is 2.28. The van der Waals surface area contributed by atoms with E-state index in [1.165, 1.54) is 0 Å². The lowest BCUT2D eigenvalue weighted by Gasteiger charge is -2.19. The number of hydrogen-bond donors (Lipinski definition) is 3. The van der Waals surface area contributed by atoms with Gasteiger partial charge in [-0.1, -0.05) is 6.92 Å². The average Bonchev–Trinajstić information content (AvgIpc) is 2.33. The van der Waals surface area contributed by atoms with Gasteiger partial charge in [-0.05, 0) is 25.8 Å². The van der Waals surface area contributed by atoms with E-state index >= 15 is 0 Å². The second kappa shape index (κ2) is 12.3. The standard InChI is InChI=1S/C12H27NO4/c1-2-12(16)11-17-10-4-3-5-13(6-8-14)7-9-15/h12,14-16H,2-11H2,1H3. The SMILES string of the molecule is CCC(O)COCCCCN(CCO)CCO. The van der Waals surface area contributed by atoms with Gasteiger partial charge in [-0.25, -0.2) is 0 Å². The summed E-state index contributed by atoms with van der Waals surface area (Å²) in [7, 11) is 0. The lowest BCUT2D eigenvalue weighted by molar-refractivity contribution is 0.0326. The number of nitrogens with zero attached hydrogens (tertiary/aromatic N) is 1. The van der Waals surface area contributed by atoms with Crippen molar-refractivity contribution in [2.24, 2.45) is 0 Å². The molecular weight excluding hydrogens is 222 g/mol. The summed E-state index contributed by atoms with van der Waals surface area (Å²) < 4.78 is 5.32. The van der Waals surface area contributed by atoms with Gasteiger partial charge in [-0.15, -0.1) is 0 Å². The van der Waals surface area contributed by atoms with Crippen molar-refractivity contribution in [3.8, 4) is 0 Å². The lowest BCUT2D eigenvalue weighted by Crippen LogP contribution is -2.31. The smallest absolute Gasteiger partial charge is 0.0771 e. The number of rotatable bonds is 12. The van der Waals surface area contributed by atoms with Crippen molar-refractivity contribution < 1.29 is 20.1 Å². The molecular formula is C12H27NO4. The number of unbranched alkanes of at least 4 members (excludes halogenated alkanes) is 1. The minimum absolute atomic E-state index is 0.124. The summed E-state index contributed by atoms with van der Waals surface area (Å²) in [4.78, 5) is 2.03. The van der Waals surface area contributed by atoms with Crippen LogP contribution in [0.1, 0.15) is 26.2 Å². The molecule has 0 aliphatic heterocycles. The maximum Gasteiger partial charge on any atom is 0.0771 e. The molecule has 0 aromatic rings. The lowest BCUT2D eigenvalue weighted by atomic mass is 10.3. The van der Waals surface area contributed by atoms with E-state index in [2.05, 4.69) is 0 Å². The van der Waals surface area contributed by atoms with Crippen molar-refractivity contribution in [2.45, 2.75) is 32.3 Å². The van der Waals surface area contributed by atoms with Crippen LogP contribution in [0, 0.1) is 0 Å². The summed E-state index contributed by atoms with van der Waals surface area (Å²) in [6.45, 7) is 5.32. The molecule has 0 heterocycles. The second-order valence-corrected chi connectivity index (χ2v) is 4.13. The molecule has 0 spiro atoms. The van der Waals surface area contributed by atoms with Crippen LogP contribution in [0.15, 0.2) is 0 Å². The Kier molecular flexibility index (Phi) is 12.1. The first-order valence-electron chi connectivity index (χ1n) is 6.44. The molecule has 0 aliphatic rings. The summed E-state index contributed by atoms with van der Waals surface area (Å²) in [5.74, 6) is 0. The van der Waals surface area contributed by atoms with E-state index in [4.69, 9.17) is 14.9 Å². The van der Waals surface area contributed by atoms with Crippen LogP contribution in [-0.4, -0.2) is 72.4 Å². The molecule has 0 aromatic heterocycles.